The lowest BCUT2D eigenvalue weighted by molar-refractivity contribution is 0.333. The maximum atomic E-state index is 5.74. The summed E-state index contributed by atoms with van der Waals surface area (Å²) < 4.78 is 11.2. The number of fused-ring (bicyclic) bond motifs is 1. The van der Waals surface area contributed by atoms with Crippen molar-refractivity contribution in [2.75, 3.05) is 5.32 Å². The summed E-state index contributed by atoms with van der Waals surface area (Å²) in [6.45, 7) is 4.13. The molecule has 4 aromatic rings. The molecule has 1 unspecified atom stereocenters. The Kier molecular flexibility index (Phi) is 3.89. The van der Waals surface area contributed by atoms with Crippen LogP contribution in [0.2, 0.25) is 0 Å². The number of anilines is 1. The van der Waals surface area contributed by atoms with Gasteiger partial charge in [0, 0.05) is 18.0 Å². The van der Waals surface area contributed by atoms with Crippen molar-refractivity contribution in [3.63, 3.8) is 0 Å². The SMILES string of the molecule is CC(C)C(Nc1nc2ccccc2o1)c1nc(-c2ccncc2)no1. The summed E-state index contributed by atoms with van der Waals surface area (Å²) in [6, 6.07) is 11.5. The first-order chi connectivity index (χ1) is 12.2. The standard InChI is InChI=1S/C18H17N5O2/c1-11(2)15(21-18-20-13-5-3-4-6-14(13)24-18)17-22-16(23-25-17)12-7-9-19-10-8-12/h3-11,15H,1-2H3,(H,20,21). The summed E-state index contributed by atoms with van der Waals surface area (Å²) in [5.41, 5.74) is 2.39. The topological polar surface area (TPSA) is 89.9 Å². The number of hydrogen-bond donors (Lipinski definition) is 1. The Morgan fingerprint density at radius 2 is 1.80 bits per heavy atom. The van der Waals surface area contributed by atoms with E-state index in [0.717, 1.165) is 16.7 Å². The van der Waals surface area contributed by atoms with E-state index in [4.69, 9.17) is 8.94 Å². The fourth-order valence-electron chi connectivity index (χ4n) is 2.56. The van der Waals surface area contributed by atoms with Crippen molar-refractivity contribution < 1.29 is 8.94 Å². The van der Waals surface area contributed by atoms with Crippen LogP contribution in [-0.2, 0) is 0 Å². The van der Waals surface area contributed by atoms with E-state index in [9.17, 15) is 0 Å². The molecule has 3 heterocycles. The minimum atomic E-state index is -0.212. The Morgan fingerprint density at radius 3 is 2.56 bits per heavy atom. The van der Waals surface area contributed by atoms with Gasteiger partial charge in [0.2, 0.25) is 11.7 Å². The van der Waals surface area contributed by atoms with E-state index in [1.165, 1.54) is 0 Å². The summed E-state index contributed by atoms with van der Waals surface area (Å²) >= 11 is 0. The molecule has 1 atom stereocenters. The fraction of sp³-hybridized carbons (Fsp3) is 0.222. The maximum absolute atomic E-state index is 5.74. The number of rotatable bonds is 5. The van der Waals surface area contributed by atoms with E-state index in [-0.39, 0.29) is 12.0 Å². The van der Waals surface area contributed by atoms with E-state index in [2.05, 4.69) is 39.3 Å². The van der Waals surface area contributed by atoms with Crippen LogP contribution in [0.15, 0.2) is 57.7 Å². The van der Waals surface area contributed by atoms with Crippen molar-refractivity contribution in [1.82, 2.24) is 20.1 Å². The molecule has 1 aromatic carbocycles. The van der Waals surface area contributed by atoms with E-state index >= 15 is 0 Å². The molecule has 0 saturated heterocycles. The first-order valence-electron chi connectivity index (χ1n) is 8.07. The van der Waals surface area contributed by atoms with E-state index in [1.54, 1.807) is 12.4 Å². The minimum absolute atomic E-state index is 0.195. The number of nitrogens with zero attached hydrogens (tertiary/aromatic N) is 4. The van der Waals surface area contributed by atoms with Crippen molar-refractivity contribution in [2.45, 2.75) is 19.9 Å². The van der Waals surface area contributed by atoms with Crippen LogP contribution in [0.25, 0.3) is 22.5 Å². The molecule has 7 heteroatoms. The summed E-state index contributed by atoms with van der Waals surface area (Å²) in [5.74, 6) is 1.22. The van der Waals surface area contributed by atoms with Crippen LogP contribution in [-0.4, -0.2) is 20.1 Å². The third-order valence-electron chi connectivity index (χ3n) is 3.89. The van der Waals surface area contributed by atoms with Crippen molar-refractivity contribution in [3.05, 3.63) is 54.7 Å². The molecule has 0 aliphatic rings. The van der Waals surface area contributed by atoms with Crippen molar-refractivity contribution in [3.8, 4) is 11.4 Å². The molecule has 1 N–H and O–H groups in total. The molecular formula is C18H17N5O2. The van der Waals surface area contributed by atoms with Gasteiger partial charge in [-0.15, -0.1) is 0 Å². The van der Waals surface area contributed by atoms with Gasteiger partial charge in [0.25, 0.3) is 6.01 Å². The van der Waals surface area contributed by atoms with Gasteiger partial charge >= 0.3 is 0 Å². The minimum Gasteiger partial charge on any atom is -0.424 e. The Morgan fingerprint density at radius 1 is 1.00 bits per heavy atom. The normalized spacial score (nSPS) is 12.6. The average Bonchev–Trinajstić information content (AvgIpc) is 3.26. The zero-order valence-electron chi connectivity index (χ0n) is 13.9. The summed E-state index contributed by atoms with van der Waals surface area (Å²) in [4.78, 5) is 13.0. The smallest absolute Gasteiger partial charge is 0.296 e. The average molecular weight is 335 g/mol. The van der Waals surface area contributed by atoms with Gasteiger partial charge in [-0.2, -0.15) is 9.97 Å². The number of hydrogen-bond acceptors (Lipinski definition) is 7. The Labute approximate surface area is 144 Å². The lowest BCUT2D eigenvalue weighted by Gasteiger charge is -2.16. The maximum Gasteiger partial charge on any atom is 0.296 e. The Bertz CT molecular complexity index is 944. The number of para-hydroxylation sites is 2. The van der Waals surface area contributed by atoms with Crippen LogP contribution in [0.5, 0.6) is 0 Å². The molecule has 4 rings (SSSR count). The number of benzene rings is 1. The van der Waals surface area contributed by atoms with Crippen LogP contribution in [0, 0.1) is 5.92 Å². The number of nitrogens with one attached hydrogen (secondary N) is 1. The van der Waals surface area contributed by atoms with E-state index in [1.807, 2.05) is 36.4 Å². The quantitative estimate of drug-likeness (QED) is 0.587. The highest BCUT2D eigenvalue weighted by atomic mass is 16.5. The number of oxazole rings is 1. The van der Waals surface area contributed by atoms with Crippen LogP contribution in [0.3, 0.4) is 0 Å². The van der Waals surface area contributed by atoms with Crippen LogP contribution in [0.1, 0.15) is 25.8 Å². The monoisotopic (exact) mass is 335 g/mol. The van der Waals surface area contributed by atoms with Gasteiger partial charge in [-0.05, 0) is 30.2 Å². The van der Waals surface area contributed by atoms with Gasteiger partial charge in [0.05, 0.1) is 0 Å². The largest absolute Gasteiger partial charge is 0.424 e. The number of aromatic nitrogens is 4. The Balaban J connectivity index is 1.62. The molecule has 0 spiro atoms. The third kappa shape index (κ3) is 3.08. The van der Waals surface area contributed by atoms with Crippen LogP contribution >= 0.6 is 0 Å². The number of pyridine rings is 1. The lowest BCUT2D eigenvalue weighted by Crippen LogP contribution is -2.17. The van der Waals surface area contributed by atoms with Gasteiger partial charge in [-0.3, -0.25) is 4.98 Å². The molecule has 25 heavy (non-hydrogen) atoms. The summed E-state index contributed by atoms with van der Waals surface area (Å²) in [7, 11) is 0. The zero-order valence-corrected chi connectivity index (χ0v) is 13.9. The molecular weight excluding hydrogens is 318 g/mol. The molecule has 3 aromatic heterocycles. The second kappa shape index (κ2) is 6.35. The molecule has 0 bridgehead atoms. The second-order valence-electron chi connectivity index (χ2n) is 6.04. The van der Waals surface area contributed by atoms with Crippen LogP contribution < -0.4 is 5.32 Å². The van der Waals surface area contributed by atoms with Crippen LogP contribution in [0.4, 0.5) is 6.01 Å². The van der Waals surface area contributed by atoms with E-state index in [0.29, 0.717) is 17.7 Å². The zero-order chi connectivity index (χ0) is 17.2. The predicted octanol–water partition coefficient (Wildman–Crippen LogP) is 4.08. The highest BCUT2D eigenvalue weighted by Gasteiger charge is 2.24. The highest BCUT2D eigenvalue weighted by Crippen LogP contribution is 2.28. The van der Waals surface area contributed by atoms with Crippen molar-refractivity contribution in [1.29, 1.82) is 0 Å². The molecule has 0 aliphatic heterocycles. The summed E-state index contributed by atoms with van der Waals surface area (Å²) in [5, 5.41) is 7.33. The first-order valence-corrected chi connectivity index (χ1v) is 8.07. The lowest BCUT2D eigenvalue weighted by atomic mass is 10.0. The molecule has 0 fully saturated rings. The molecule has 7 nitrogen and oxygen atoms in total. The van der Waals surface area contributed by atoms with Gasteiger partial charge in [-0.25, -0.2) is 0 Å². The second-order valence-corrected chi connectivity index (χ2v) is 6.04. The molecule has 0 radical (unpaired) electrons. The predicted molar refractivity (Wildman–Crippen MR) is 92.7 cm³/mol. The van der Waals surface area contributed by atoms with Gasteiger partial charge in [-0.1, -0.05) is 31.1 Å². The van der Waals surface area contributed by atoms with Gasteiger partial charge in [0.1, 0.15) is 11.6 Å². The fourth-order valence-corrected chi connectivity index (χ4v) is 2.56. The van der Waals surface area contributed by atoms with Gasteiger partial charge in [0.15, 0.2) is 5.58 Å². The van der Waals surface area contributed by atoms with Crippen molar-refractivity contribution in [2.24, 2.45) is 5.92 Å². The molecule has 0 amide bonds. The highest BCUT2D eigenvalue weighted by molar-refractivity contribution is 5.74. The van der Waals surface area contributed by atoms with Crippen molar-refractivity contribution >= 4 is 17.1 Å². The molecule has 126 valence electrons. The molecule has 0 saturated carbocycles. The van der Waals surface area contributed by atoms with Gasteiger partial charge < -0.3 is 14.3 Å². The molecule has 0 aliphatic carbocycles. The Hall–Kier alpha value is -3.22. The first kappa shape index (κ1) is 15.3. The third-order valence-corrected chi connectivity index (χ3v) is 3.89. The van der Waals surface area contributed by atoms with E-state index < -0.39 is 0 Å². The summed E-state index contributed by atoms with van der Waals surface area (Å²) in [6.07, 6.45) is 3.39.